The number of pyridine rings is 1. The average Bonchev–Trinajstić information content (AvgIpc) is 3.04. The number of anilines is 1. The number of fused-ring (bicyclic) bond motifs is 3. The summed E-state index contributed by atoms with van der Waals surface area (Å²) in [7, 11) is 0. The van der Waals surface area contributed by atoms with Crippen molar-refractivity contribution in [2.75, 3.05) is 11.6 Å². The quantitative estimate of drug-likeness (QED) is 0.491. The van der Waals surface area contributed by atoms with Crippen LogP contribution in [0.2, 0.25) is 0 Å². The van der Waals surface area contributed by atoms with Crippen LogP contribution < -0.4 is 5.32 Å². The lowest BCUT2D eigenvalue weighted by Crippen LogP contribution is -2.12. The minimum atomic E-state index is 0.00377. The van der Waals surface area contributed by atoms with E-state index in [0.29, 0.717) is 12.8 Å². The van der Waals surface area contributed by atoms with Crippen LogP contribution in [0.1, 0.15) is 12.1 Å². The number of carbonyl (C=O) groups is 1. The van der Waals surface area contributed by atoms with E-state index in [1.807, 2.05) is 48.9 Å². The van der Waals surface area contributed by atoms with Crippen LogP contribution in [0.5, 0.6) is 0 Å². The van der Waals surface area contributed by atoms with E-state index in [0.717, 1.165) is 32.7 Å². The molecule has 0 saturated heterocycles. The molecule has 0 spiro atoms. The highest BCUT2D eigenvalue weighted by Gasteiger charge is 2.08. The van der Waals surface area contributed by atoms with Gasteiger partial charge in [0.15, 0.2) is 0 Å². The number of amides is 1. The summed E-state index contributed by atoms with van der Waals surface area (Å²) in [6, 6.07) is 18.2. The summed E-state index contributed by atoms with van der Waals surface area (Å²) in [6.07, 6.45) is 4.89. The van der Waals surface area contributed by atoms with E-state index < -0.39 is 0 Å². The topological polar surface area (TPSA) is 57.8 Å². The van der Waals surface area contributed by atoms with Gasteiger partial charge in [-0.1, -0.05) is 24.3 Å². The van der Waals surface area contributed by atoms with Gasteiger partial charge in [-0.3, -0.25) is 9.78 Å². The fourth-order valence-electron chi connectivity index (χ4n) is 3.10. The third-order valence-electron chi connectivity index (χ3n) is 4.41. The molecule has 0 aliphatic rings. The molecule has 4 nitrogen and oxygen atoms in total. The number of hydrogen-bond donors (Lipinski definition) is 2. The van der Waals surface area contributed by atoms with E-state index >= 15 is 0 Å². The number of aromatic nitrogens is 2. The van der Waals surface area contributed by atoms with Crippen LogP contribution in [-0.2, 0) is 11.2 Å². The molecular formula is C21H19N3OS. The number of thioether (sulfide) groups is 1. The third kappa shape index (κ3) is 3.44. The van der Waals surface area contributed by atoms with Crippen LogP contribution in [0.15, 0.2) is 65.7 Å². The van der Waals surface area contributed by atoms with Gasteiger partial charge in [0.2, 0.25) is 5.91 Å². The minimum absolute atomic E-state index is 0.00377. The molecule has 5 heteroatoms. The lowest BCUT2D eigenvalue weighted by Gasteiger charge is -2.06. The predicted molar refractivity (Wildman–Crippen MR) is 109 cm³/mol. The molecule has 0 saturated carbocycles. The van der Waals surface area contributed by atoms with Gasteiger partial charge in [-0.25, -0.2) is 0 Å². The molecule has 2 N–H and O–H groups in total. The Bertz CT molecular complexity index is 1090. The Morgan fingerprint density at radius 3 is 2.85 bits per heavy atom. The molecule has 2 aromatic carbocycles. The third-order valence-corrected chi connectivity index (χ3v) is 5.13. The van der Waals surface area contributed by atoms with E-state index in [1.165, 1.54) is 5.39 Å². The van der Waals surface area contributed by atoms with Gasteiger partial charge in [-0.15, -0.1) is 11.8 Å². The fraction of sp³-hybridized carbons (Fsp3) is 0.143. The molecule has 1 amide bonds. The molecule has 2 aromatic heterocycles. The summed E-state index contributed by atoms with van der Waals surface area (Å²) in [5.41, 5.74) is 3.89. The van der Waals surface area contributed by atoms with Gasteiger partial charge < -0.3 is 10.3 Å². The van der Waals surface area contributed by atoms with E-state index in [4.69, 9.17) is 0 Å². The Kier molecular flexibility index (Phi) is 4.63. The van der Waals surface area contributed by atoms with Crippen molar-refractivity contribution in [1.29, 1.82) is 0 Å². The fourth-order valence-corrected chi connectivity index (χ4v) is 3.56. The zero-order chi connectivity index (χ0) is 17.9. The largest absolute Gasteiger partial charge is 0.353 e. The van der Waals surface area contributed by atoms with Gasteiger partial charge in [-0.05, 0) is 43.0 Å². The number of aryl methyl sites for hydroxylation is 1. The van der Waals surface area contributed by atoms with Crippen LogP contribution in [0, 0.1) is 0 Å². The summed E-state index contributed by atoms with van der Waals surface area (Å²) in [5, 5.41) is 5.30. The highest BCUT2D eigenvalue weighted by atomic mass is 32.2. The molecule has 0 fully saturated rings. The first-order valence-electron chi connectivity index (χ1n) is 8.52. The van der Waals surface area contributed by atoms with Gasteiger partial charge in [0, 0.05) is 39.0 Å². The summed E-state index contributed by atoms with van der Waals surface area (Å²) in [4.78, 5) is 21.3. The Morgan fingerprint density at radius 2 is 1.96 bits per heavy atom. The highest BCUT2D eigenvalue weighted by Crippen LogP contribution is 2.25. The predicted octanol–water partition coefficient (Wildman–Crippen LogP) is 5.01. The molecule has 26 heavy (non-hydrogen) atoms. The van der Waals surface area contributed by atoms with Crippen molar-refractivity contribution in [3.05, 3.63) is 66.5 Å². The smallest absolute Gasteiger partial charge is 0.224 e. The molecule has 0 atom stereocenters. The van der Waals surface area contributed by atoms with Gasteiger partial charge in [-0.2, -0.15) is 0 Å². The maximum absolute atomic E-state index is 12.3. The molecule has 4 aromatic rings. The number of rotatable bonds is 5. The number of H-pyrrole nitrogens is 1. The Hall–Kier alpha value is -2.79. The lowest BCUT2D eigenvalue weighted by molar-refractivity contribution is -0.116. The second kappa shape index (κ2) is 7.22. The zero-order valence-corrected chi connectivity index (χ0v) is 15.3. The molecule has 4 rings (SSSR count). The van der Waals surface area contributed by atoms with Crippen LogP contribution in [0.4, 0.5) is 5.69 Å². The summed E-state index contributed by atoms with van der Waals surface area (Å²) >= 11 is 1.66. The van der Waals surface area contributed by atoms with Crippen molar-refractivity contribution in [1.82, 2.24) is 9.97 Å². The van der Waals surface area contributed by atoms with Crippen LogP contribution in [0.3, 0.4) is 0 Å². The number of para-hydroxylation sites is 1. The van der Waals surface area contributed by atoms with Crippen molar-refractivity contribution >= 4 is 45.2 Å². The first-order chi connectivity index (χ1) is 12.7. The van der Waals surface area contributed by atoms with Gasteiger partial charge in [0.25, 0.3) is 0 Å². The van der Waals surface area contributed by atoms with Crippen molar-refractivity contribution in [2.45, 2.75) is 17.7 Å². The minimum Gasteiger partial charge on any atom is -0.353 e. The number of nitrogens with one attached hydrogen (secondary N) is 2. The number of hydrogen-bond acceptors (Lipinski definition) is 3. The number of benzene rings is 2. The zero-order valence-electron chi connectivity index (χ0n) is 14.5. The molecular weight excluding hydrogens is 342 g/mol. The molecule has 0 radical (unpaired) electrons. The molecule has 130 valence electrons. The first kappa shape index (κ1) is 16.7. The van der Waals surface area contributed by atoms with Crippen molar-refractivity contribution in [3.63, 3.8) is 0 Å². The average molecular weight is 361 g/mol. The van der Waals surface area contributed by atoms with Gasteiger partial charge in [0.1, 0.15) is 0 Å². The number of carbonyl (C=O) groups excluding carboxylic acids is 1. The molecule has 0 unspecified atom stereocenters. The van der Waals surface area contributed by atoms with Gasteiger partial charge >= 0.3 is 0 Å². The maximum Gasteiger partial charge on any atom is 0.224 e. The molecule has 0 aliphatic heterocycles. The number of nitrogens with zero attached hydrogens (tertiary/aromatic N) is 1. The van der Waals surface area contributed by atoms with Crippen molar-refractivity contribution in [3.8, 4) is 0 Å². The summed E-state index contributed by atoms with van der Waals surface area (Å²) < 4.78 is 0. The highest BCUT2D eigenvalue weighted by molar-refractivity contribution is 7.98. The molecule has 0 aliphatic carbocycles. The summed E-state index contributed by atoms with van der Waals surface area (Å²) in [5.74, 6) is 0.00377. The van der Waals surface area contributed by atoms with Crippen LogP contribution in [0.25, 0.3) is 21.8 Å². The SMILES string of the molecule is CSc1cccc(NC(=O)CCc2cc3c(cn2)[nH]c2ccccc23)c1. The van der Waals surface area contributed by atoms with E-state index in [2.05, 4.69) is 33.5 Å². The standard InChI is InChI=1S/C21H19N3OS/c1-26-16-6-4-5-15(11-16)23-21(25)10-9-14-12-18-17-7-2-3-8-19(17)24-20(18)13-22-14/h2-8,11-13,24H,9-10H2,1H3,(H,23,25). The monoisotopic (exact) mass is 361 g/mol. The molecule has 2 heterocycles. The van der Waals surface area contributed by atoms with Crippen LogP contribution >= 0.6 is 11.8 Å². The second-order valence-electron chi connectivity index (χ2n) is 6.17. The number of aromatic amines is 1. The summed E-state index contributed by atoms with van der Waals surface area (Å²) in [6.45, 7) is 0. The second-order valence-corrected chi connectivity index (χ2v) is 7.05. The van der Waals surface area contributed by atoms with E-state index in [1.54, 1.807) is 11.8 Å². The van der Waals surface area contributed by atoms with Crippen LogP contribution in [-0.4, -0.2) is 22.1 Å². The first-order valence-corrected chi connectivity index (χ1v) is 9.74. The normalized spacial score (nSPS) is 11.1. The van der Waals surface area contributed by atoms with Gasteiger partial charge in [0.05, 0.1) is 11.7 Å². The Labute approximate surface area is 156 Å². The van der Waals surface area contributed by atoms with Crippen molar-refractivity contribution in [2.24, 2.45) is 0 Å². The van der Waals surface area contributed by atoms with Crippen molar-refractivity contribution < 1.29 is 4.79 Å². The Morgan fingerprint density at radius 1 is 1.08 bits per heavy atom. The molecule has 0 bridgehead atoms. The maximum atomic E-state index is 12.3. The Balaban J connectivity index is 1.47. The lowest BCUT2D eigenvalue weighted by atomic mass is 10.1. The van der Waals surface area contributed by atoms with E-state index in [-0.39, 0.29) is 5.91 Å². The van der Waals surface area contributed by atoms with E-state index in [9.17, 15) is 4.79 Å².